The van der Waals surface area contributed by atoms with E-state index in [-0.39, 0.29) is 18.0 Å². The van der Waals surface area contributed by atoms with Gasteiger partial charge in [0.2, 0.25) is 11.7 Å². The number of carbonyl (C=O) groups excluding carboxylic acids is 1. The first kappa shape index (κ1) is 18.1. The highest BCUT2D eigenvalue weighted by atomic mass is 16.5. The van der Waals surface area contributed by atoms with Crippen molar-refractivity contribution in [1.29, 1.82) is 0 Å². The Morgan fingerprint density at radius 3 is 2.96 bits per heavy atom. The zero-order valence-electron chi connectivity index (χ0n) is 15.6. The summed E-state index contributed by atoms with van der Waals surface area (Å²) < 4.78 is 10.7. The fraction of sp³-hybridized carbons (Fsp3) is 0.316. The van der Waals surface area contributed by atoms with Gasteiger partial charge in [-0.25, -0.2) is 4.98 Å². The molecule has 0 spiro atoms. The van der Waals surface area contributed by atoms with Crippen LogP contribution in [0.1, 0.15) is 28.7 Å². The molecule has 2 atom stereocenters. The third kappa shape index (κ3) is 3.56. The van der Waals surface area contributed by atoms with Crippen LogP contribution in [-0.2, 0) is 0 Å². The lowest BCUT2D eigenvalue weighted by molar-refractivity contribution is 0.0935. The number of benzene rings is 1. The Balaban J connectivity index is 1.45. The summed E-state index contributed by atoms with van der Waals surface area (Å²) in [5.41, 5.74) is 1.07. The predicted molar refractivity (Wildman–Crippen MR) is 99.6 cm³/mol. The number of carbonyl (C=O) groups is 1. The standard InChI is InChI=1S/C19H20N6O3/c1-25-11-12(22-18(26)13-5-3-4-6-16(13)27-2)9-15(25)19-23-17(24-28-19)14-10-20-7-8-21-14/h3-8,10,12,15H,9,11H2,1-2H3,(H,22,26)/t12-,15-/m0/s1. The maximum Gasteiger partial charge on any atom is 0.255 e. The van der Waals surface area contributed by atoms with Crippen LogP contribution < -0.4 is 10.1 Å². The van der Waals surface area contributed by atoms with Crippen LogP contribution in [0.5, 0.6) is 5.75 Å². The van der Waals surface area contributed by atoms with Crippen molar-refractivity contribution in [2.45, 2.75) is 18.5 Å². The van der Waals surface area contributed by atoms with Gasteiger partial charge in [-0.1, -0.05) is 17.3 Å². The Morgan fingerprint density at radius 1 is 1.32 bits per heavy atom. The molecule has 3 heterocycles. The average molecular weight is 380 g/mol. The molecule has 9 heteroatoms. The zero-order chi connectivity index (χ0) is 19.5. The van der Waals surface area contributed by atoms with Crippen molar-refractivity contribution in [1.82, 2.24) is 30.3 Å². The first-order valence-electron chi connectivity index (χ1n) is 8.90. The van der Waals surface area contributed by atoms with Crippen molar-refractivity contribution < 1.29 is 14.1 Å². The normalized spacial score (nSPS) is 19.5. The van der Waals surface area contributed by atoms with E-state index in [1.54, 1.807) is 37.8 Å². The Morgan fingerprint density at radius 2 is 2.18 bits per heavy atom. The summed E-state index contributed by atoms with van der Waals surface area (Å²) in [6.45, 7) is 0.675. The number of ether oxygens (including phenoxy) is 1. The van der Waals surface area contributed by atoms with E-state index in [2.05, 4.69) is 30.3 Å². The Bertz CT molecular complexity index is 961. The highest BCUT2D eigenvalue weighted by Crippen LogP contribution is 2.31. The second kappa shape index (κ2) is 7.73. The lowest BCUT2D eigenvalue weighted by Crippen LogP contribution is -2.36. The van der Waals surface area contributed by atoms with Crippen molar-refractivity contribution in [3.8, 4) is 17.3 Å². The lowest BCUT2D eigenvalue weighted by Gasteiger charge is -2.14. The van der Waals surface area contributed by atoms with Gasteiger partial charge in [-0.05, 0) is 25.6 Å². The van der Waals surface area contributed by atoms with Gasteiger partial charge in [0, 0.05) is 25.0 Å². The third-order valence-electron chi connectivity index (χ3n) is 4.75. The molecule has 0 bridgehead atoms. The van der Waals surface area contributed by atoms with Crippen molar-refractivity contribution in [2.24, 2.45) is 0 Å². The highest BCUT2D eigenvalue weighted by molar-refractivity contribution is 5.97. The molecule has 1 amide bonds. The predicted octanol–water partition coefficient (Wildman–Crippen LogP) is 1.71. The number of likely N-dealkylation sites (tertiary alicyclic amines) is 1. The van der Waals surface area contributed by atoms with Crippen LogP contribution in [-0.4, -0.2) is 57.7 Å². The molecule has 0 radical (unpaired) electrons. The number of amides is 1. The minimum atomic E-state index is -0.165. The number of aromatic nitrogens is 4. The third-order valence-corrected chi connectivity index (χ3v) is 4.75. The van der Waals surface area contributed by atoms with Gasteiger partial charge in [0.05, 0.1) is 24.9 Å². The topological polar surface area (TPSA) is 106 Å². The van der Waals surface area contributed by atoms with E-state index in [9.17, 15) is 4.79 Å². The van der Waals surface area contributed by atoms with Crippen LogP contribution in [0.3, 0.4) is 0 Å². The first-order valence-corrected chi connectivity index (χ1v) is 8.90. The molecule has 1 saturated heterocycles. The molecule has 2 aromatic heterocycles. The van der Waals surface area contributed by atoms with Gasteiger partial charge in [0.1, 0.15) is 11.4 Å². The molecular weight excluding hydrogens is 360 g/mol. The quantitative estimate of drug-likeness (QED) is 0.713. The second-order valence-corrected chi connectivity index (χ2v) is 6.61. The number of hydrogen-bond donors (Lipinski definition) is 1. The maximum atomic E-state index is 12.6. The summed E-state index contributed by atoms with van der Waals surface area (Å²) in [5, 5.41) is 7.07. The van der Waals surface area contributed by atoms with Crippen molar-refractivity contribution in [3.63, 3.8) is 0 Å². The summed E-state index contributed by atoms with van der Waals surface area (Å²) in [7, 11) is 3.52. The van der Waals surface area contributed by atoms with E-state index in [4.69, 9.17) is 9.26 Å². The van der Waals surface area contributed by atoms with E-state index in [1.165, 1.54) is 0 Å². The first-order chi connectivity index (χ1) is 13.7. The van der Waals surface area contributed by atoms with Gasteiger partial charge < -0.3 is 14.6 Å². The van der Waals surface area contributed by atoms with Gasteiger partial charge in [-0.3, -0.25) is 14.7 Å². The summed E-state index contributed by atoms with van der Waals surface area (Å²) in [6.07, 6.45) is 5.42. The van der Waals surface area contributed by atoms with Crippen LogP contribution >= 0.6 is 0 Å². The molecule has 28 heavy (non-hydrogen) atoms. The van der Waals surface area contributed by atoms with Crippen LogP contribution in [0.25, 0.3) is 11.5 Å². The van der Waals surface area contributed by atoms with Gasteiger partial charge in [-0.2, -0.15) is 4.98 Å². The molecule has 0 unspecified atom stereocenters. The molecule has 1 aromatic carbocycles. The van der Waals surface area contributed by atoms with Crippen LogP contribution in [0.15, 0.2) is 47.4 Å². The van der Waals surface area contributed by atoms with Crippen LogP contribution in [0.4, 0.5) is 0 Å². The molecule has 1 N–H and O–H groups in total. The fourth-order valence-electron chi connectivity index (χ4n) is 3.38. The molecule has 3 aromatic rings. The zero-order valence-corrected chi connectivity index (χ0v) is 15.6. The number of likely N-dealkylation sites (N-methyl/N-ethyl adjacent to an activating group) is 1. The Kier molecular flexibility index (Phi) is 4.98. The largest absolute Gasteiger partial charge is 0.496 e. The van der Waals surface area contributed by atoms with E-state index in [0.717, 1.165) is 0 Å². The lowest BCUT2D eigenvalue weighted by atomic mass is 10.1. The van der Waals surface area contributed by atoms with E-state index in [1.807, 2.05) is 19.2 Å². The molecule has 9 nitrogen and oxygen atoms in total. The molecule has 1 fully saturated rings. The van der Waals surface area contributed by atoms with Crippen LogP contribution in [0, 0.1) is 0 Å². The summed E-state index contributed by atoms with van der Waals surface area (Å²) >= 11 is 0. The Labute approximate surface area is 161 Å². The number of nitrogens with one attached hydrogen (secondary N) is 1. The van der Waals surface area contributed by atoms with Crippen LogP contribution in [0.2, 0.25) is 0 Å². The number of methoxy groups -OCH3 is 1. The summed E-state index contributed by atoms with van der Waals surface area (Å²) in [5.74, 6) is 1.28. The Hall–Kier alpha value is -3.33. The second-order valence-electron chi connectivity index (χ2n) is 6.61. The molecule has 0 aliphatic carbocycles. The van der Waals surface area contributed by atoms with Gasteiger partial charge in [0.15, 0.2) is 0 Å². The summed E-state index contributed by atoms with van der Waals surface area (Å²) in [4.78, 5) is 27.4. The fourth-order valence-corrected chi connectivity index (χ4v) is 3.38. The molecule has 144 valence electrons. The number of nitrogens with zero attached hydrogens (tertiary/aromatic N) is 5. The minimum Gasteiger partial charge on any atom is -0.496 e. The van der Waals surface area contributed by atoms with E-state index >= 15 is 0 Å². The molecular formula is C19H20N6O3. The van der Waals surface area contributed by atoms with Crippen molar-refractivity contribution in [3.05, 3.63) is 54.3 Å². The average Bonchev–Trinajstić information content (AvgIpc) is 3.35. The molecule has 4 rings (SSSR count). The number of hydrogen-bond acceptors (Lipinski definition) is 8. The molecule has 0 saturated carbocycles. The van der Waals surface area contributed by atoms with Gasteiger partial charge >= 0.3 is 0 Å². The number of para-hydroxylation sites is 1. The van der Waals surface area contributed by atoms with Crippen molar-refractivity contribution >= 4 is 5.91 Å². The minimum absolute atomic E-state index is 0.0423. The van der Waals surface area contributed by atoms with E-state index in [0.29, 0.717) is 41.7 Å². The van der Waals surface area contributed by atoms with Gasteiger partial charge in [0.25, 0.3) is 5.91 Å². The molecule has 1 aliphatic heterocycles. The molecule has 1 aliphatic rings. The van der Waals surface area contributed by atoms with Gasteiger partial charge in [-0.15, -0.1) is 0 Å². The van der Waals surface area contributed by atoms with Crippen molar-refractivity contribution in [2.75, 3.05) is 20.7 Å². The van der Waals surface area contributed by atoms with E-state index < -0.39 is 0 Å². The smallest absolute Gasteiger partial charge is 0.255 e. The summed E-state index contributed by atoms with van der Waals surface area (Å²) in [6, 6.07) is 7.04. The highest BCUT2D eigenvalue weighted by Gasteiger charge is 2.35. The number of rotatable bonds is 5. The maximum absolute atomic E-state index is 12.6. The SMILES string of the molecule is COc1ccccc1C(=O)N[C@H]1C[C@@H](c2nc(-c3cnccn3)no2)N(C)C1. The monoisotopic (exact) mass is 380 g/mol.